The number of rotatable bonds is 9. The molecule has 3 rings (SSSR count). The standard InChI is InChI=1S/C23H23NO4/c1-26-21-9-5-6-10-22(21)27-16-15-24-23(25)19-11-13-20(14-12-19)28-17-18-7-3-2-4-8-18/h2-14H,15-17H2,1H3,(H,24,25). The second kappa shape index (κ2) is 10.0. The summed E-state index contributed by atoms with van der Waals surface area (Å²) in [6.45, 7) is 1.24. The van der Waals surface area contributed by atoms with Gasteiger partial charge in [0.05, 0.1) is 13.7 Å². The molecule has 3 aromatic rings. The molecule has 0 aliphatic carbocycles. The molecule has 0 radical (unpaired) electrons. The smallest absolute Gasteiger partial charge is 0.251 e. The summed E-state index contributed by atoms with van der Waals surface area (Å²) in [6, 6.07) is 24.4. The first-order valence-electron chi connectivity index (χ1n) is 9.07. The van der Waals surface area contributed by atoms with Gasteiger partial charge in [0.25, 0.3) is 5.91 Å². The van der Waals surface area contributed by atoms with E-state index in [1.54, 1.807) is 31.4 Å². The summed E-state index contributed by atoms with van der Waals surface area (Å²) < 4.78 is 16.6. The van der Waals surface area contributed by atoms with Gasteiger partial charge in [0, 0.05) is 5.56 Å². The van der Waals surface area contributed by atoms with Crippen molar-refractivity contribution in [1.29, 1.82) is 0 Å². The number of methoxy groups -OCH3 is 1. The Morgan fingerprint density at radius 2 is 1.50 bits per heavy atom. The van der Waals surface area contributed by atoms with Crippen LogP contribution in [0.15, 0.2) is 78.9 Å². The van der Waals surface area contributed by atoms with E-state index in [0.717, 1.165) is 11.3 Å². The molecule has 144 valence electrons. The fourth-order valence-electron chi connectivity index (χ4n) is 2.61. The molecule has 5 nitrogen and oxygen atoms in total. The molecule has 0 bridgehead atoms. The Kier molecular flexibility index (Phi) is 6.90. The molecule has 0 saturated carbocycles. The number of hydrogen-bond donors (Lipinski definition) is 1. The van der Waals surface area contributed by atoms with Crippen LogP contribution < -0.4 is 19.5 Å². The fourth-order valence-corrected chi connectivity index (χ4v) is 2.61. The highest BCUT2D eigenvalue weighted by Crippen LogP contribution is 2.25. The van der Waals surface area contributed by atoms with Crippen molar-refractivity contribution >= 4 is 5.91 Å². The predicted molar refractivity (Wildman–Crippen MR) is 108 cm³/mol. The summed E-state index contributed by atoms with van der Waals surface area (Å²) >= 11 is 0. The van der Waals surface area contributed by atoms with E-state index in [4.69, 9.17) is 14.2 Å². The monoisotopic (exact) mass is 377 g/mol. The third-order valence-corrected chi connectivity index (χ3v) is 4.08. The predicted octanol–water partition coefficient (Wildman–Crippen LogP) is 4.08. The molecular weight excluding hydrogens is 354 g/mol. The van der Waals surface area contributed by atoms with E-state index in [1.807, 2.05) is 54.6 Å². The van der Waals surface area contributed by atoms with Crippen molar-refractivity contribution in [3.05, 3.63) is 90.0 Å². The summed E-state index contributed by atoms with van der Waals surface area (Å²) in [5, 5.41) is 2.84. The lowest BCUT2D eigenvalue weighted by atomic mass is 10.2. The maximum Gasteiger partial charge on any atom is 0.251 e. The maximum atomic E-state index is 12.2. The average molecular weight is 377 g/mol. The largest absolute Gasteiger partial charge is 0.493 e. The lowest BCUT2D eigenvalue weighted by Crippen LogP contribution is -2.28. The van der Waals surface area contributed by atoms with Crippen LogP contribution in [0.25, 0.3) is 0 Å². The zero-order chi connectivity index (χ0) is 19.6. The first-order valence-corrected chi connectivity index (χ1v) is 9.07. The Labute approximate surface area is 164 Å². The quantitative estimate of drug-likeness (QED) is 0.571. The topological polar surface area (TPSA) is 56.8 Å². The van der Waals surface area contributed by atoms with Gasteiger partial charge in [-0.05, 0) is 42.0 Å². The number of para-hydroxylation sites is 2. The zero-order valence-corrected chi connectivity index (χ0v) is 15.8. The number of nitrogens with one attached hydrogen (secondary N) is 1. The van der Waals surface area contributed by atoms with Gasteiger partial charge in [-0.25, -0.2) is 0 Å². The summed E-state index contributed by atoms with van der Waals surface area (Å²) in [7, 11) is 1.59. The van der Waals surface area contributed by atoms with Crippen molar-refractivity contribution in [3.63, 3.8) is 0 Å². The molecule has 0 aliphatic rings. The molecule has 1 amide bonds. The minimum Gasteiger partial charge on any atom is -0.493 e. The summed E-state index contributed by atoms with van der Waals surface area (Å²) in [5.41, 5.74) is 1.67. The number of ether oxygens (including phenoxy) is 3. The minimum atomic E-state index is -0.154. The van der Waals surface area contributed by atoms with E-state index < -0.39 is 0 Å². The number of benzene rings is 3. The van der Waals surface area contributed by atoms with Crippen molar-refractivity contribution in [2.45, 2.75) is 6.61 Å². The van der Waals surface area contributed by atoms with Crippen molar-refractivity contribution in [1.82, 2.24) is 5.32 Å². The van der Waals surface area contributed by atoms with Crippen molar-refractivity contribution < 1.29 is 19.0 Å². The van der Waals surface area contributed by atoms with Gasteiger partial charge in [-0.2, -0.15) is 0 Å². The van der Waals surface area contributed by atoms with Crippen LogP contribution in [-0.4, -0.2) is 26.2 Å². The van der Waals surface area contributed by atoms with E-state index in [0.29, 0.717) is 36.8 Å². The molecule has 0 unspecified atom stereocenters. The molecule has 28 heavy (non-hydrogen) atoms. The second-order valence-corrected chi connectivity index (χ2v) is 6.05. The highest BCUT2D eigenvalue weighted by molar-refractivity contribution is 5.94. The number of carbonyl (C=O) groups is 1. The van der Waals surface area contributed by atoms with Crippen molar-refractivity contribution in [2.75, 3.05) is 20.3 Å². The van der Waals surface area contributed by atoms with Crippen molar-refractivity contribution in [3.8, 4) is 17.2 Å². The van der Waals surface area contributed by atoms with Crippen LogP contribution in [0.3, 0.4) is 0 Å². The molecule has 0 fully saturated rings. The molecule has 1 N–H and O–H groups in total. The van der Waals surface area contributed by atoms with E-state index in [9.17, 15) is 4.79 Å². The van der Waals surface area contributed by atoms with Gasteiger partial charge in [-0.3, -0.25) is 4.79 Å². The molecule has 0 atom stereocenters. The normalized spacial score (nSPS) is 10.2. The van der Waals surface area contributed by atoms with Gasteiger partial charge >= 0.3 is 0 Å². The van der Waals surface area contributed by atoms with Gasteiger partial charge in [-0.1, -0.05) is 42.5 Å². The van der Waals surface area contributed by atoms with Gasteiger partial charge in [-0.15, -0.1) is 0 Å². The summed E-state index contributed by atoms with van der Waals surface area (Å²) in [6.07, 6.45) is 0. The molecule has 5 heteroatoms. The summed E-state index contributed by atoms with van der Waals surface area (Å²) in [5.74, 6) is 1.89. The Morgan fingerprint density at radius 3 is 2.21 bits per heavy atom. The van der Waals surface area contributed by atoms with Crippen molar-refractivity contribution in [2.24, 2.45) is 0 Å². The molecule has 0 aliphatic heterocycles. The van der Waals surface area contributed by atoms with E-state index in [1.165, 1.54) is 0 Å². The van der Waals surface area contributed by atoms with Crippen LogP contribution >= 0.6 is 0 Å². The van der Waals surface area contributed by atoms with Crippen LogP contribution in [0.2, 0.25) is 0 Å². The molecule has 0 aromatic heterocycles. The van der Waals surface area contributed by atoms with Crippen LogP contribution in [0, 0.1) is 0 Å². The van der Waals surface area contributed by atoms with Gasteiger partial charge < -0.3 is 19.5 Å². The lowest BCUT2D eigenvalue weighted by molar-refractivity contribution is 0.0946. The van der Waals surface area contributed by atoms with E-state index in [-0.39, 0.29) is 5.91 Å². The molecular formula is C23H23NO4. The second-order valence-electron chi connectivity index (χ2n) is 6.05. The minimum absolute atomic E-state index is 0.154. The van der Waals surface area contributed by atoms with Crippen LogP contribution in [-0.2, 0) is 6.61 Å². The Bertz CT molecular complexity index is 879. The molecule has 3 aromatic carbocycles. The molecule has 0 saturated heterocycles. The zero-order valence-electron chi connectivity index (χ0n) is 15.8. The highest BCUT2D eigenvalue weighted by atomic mass is 16.5. The van der Waals surface area contributed by atoms with E-state index >= 15 is 0 Å². The number of amides is 1. The molecule has 0 spiro atoms. The maximum absolute atomic E-state index is 12.2. The van der Waals surface area contributed by atoms with Crippen LogP contribution in [0.5, 0.6) is 17.2 Å². The van der Waals surface area contributed by atoms with Crippen LogP contribution in [0.4, 0.5) is 0 Å². The first kappa shape index (κ1) is 19.3. The SMILES string of the molecule is COc1ccccc1OCCNC(=O)c1ccc(OCc2ccccc2)cc1. The Morgan fingerprint density at radius 1 is 0.821 bits per heavy atom. The Hall–Kier alpha value is -3.47. The first-order chi connectivity index (χ1) is 13.8. The number of carbonyl (C=O) groups excluding carboxylic acids is 1. The fraction of sp³-hybridized carbons (Fsp3) is 0.174. The van der Waals surface area contributed by atoms with Gasteiger partial charge in [0.2, 0.25) is 0 Å². The van der Waals surface area contributed by atoms with Gasteiger partial charge in [0.15, 0.2) is 11.5 Å². The highest BCUT2D eigenvalue weighted by Gasteiger charge is 2.06. The Balaban J connectivity index is 1.43. The third kappa shape index (κ3) is 5.51. The average Bonchev–Trinajstić information content (AvgIpc) is 2.76. The van der Waals surface area contributed by atoms with Crippen LogP contribution in [0.1, 0.15) is 15.9 Å². The molecule has 0 heterocycles. The summed E-state index contributed by atoms with van der Waals surface area (Å²) in [4.78, 5) is 12.2. The van der Waals surface area contributed by atoms with E-state index in [2.05, 4.69) is 5.32 Å². The third-order valence-electron chi connectivity index (χ3n) is 4.08. The van der Waals surface area contributed by atoms with Gasteiger partial charge in [0.1, 0.15) is 19.0 Å². The number of hydrogen-bond acceptors (Lipinski definition) is 4. The lowest BCUT2D eigenvalue weighted by Gasteiger charge is -2.11.